The molecule has 0 amide bonds. The molecule has 0 spiro atoms. The third-order valence-electron chi connectivity index (χ3n) is 5.39. The van der Waals surface area contributed by atoms with Gasteiger partial charge in [0, 0.05) is 6.54 Å². The number of hydrogen-bond donors (Lipinski definition) is 0. The van der Waals surface area contributed by atoms with Crippen molar-refractivity contribution < 1.29 is 22.7 Å². The van der Waals surface area contributed by atoms with Gasteiger partial charge in [0.15, 0.2) is 0 Å². The number of alkyl halides is 3. The van der Waals surface area contributed by atoms with Crippen LogP contribution >= 0.6 is 0 Å². The number of rotatable bonds is 4. The number of ether oxygens (including phenoxy) is 1. The summed E-state index contributed by atoms with van der Waals surface area (Å²) < 4.78 is 48.0. The van der Waals surface area contributed by atoms with Gasteiger partial charge in [-0.05, 0) is 55.2 Å². The summed E-state index contributed by atoms with van der Waals surface area (Å²) in [6, 6.07) is 3.19. The van der Waals surface area contributed by atoms with Crippen LogP contribution in [0.4, 0.5) is 13.2 Å². The van der Waals surface area contributed by atoms with Gasteiger partial charge < -0.3 is 4.74 Å². The Bertz CT molecular complexity index is 913. The summed E-state index contributed by atoms with van der Waals surface area (Å²) in [7, 11) is 1.32. The molecule has 0 N–H and O–H groups in total. The van der Waals surface area contributed by atoms with Crippen LogP contribution in [0.5, 0.6) is 0 Å². The molecular weight excluding hydrogens is 359 g/mol. The van der Waals surface area contributed by atoms with Crippen molar-refractivity contribution in [3.05, 3.63) is 29.3 Å². The number of carbonyl (C=O) groups excluding carboxylic acids is 1. The Labute approximate surface area is 154 Å². The van der Waals surface area contributed by atoms with Gasteiger partial charge in [0.05, 0.1) is 24.1 Å². The number of benzene rings is 1. The molecule has 5 nitrogen and oxygen atoms in total. The predicted octanol–water partition coefficient (Wildman–Crippen LogP) is 4.22. The molecule has 1 aromatic heterocycles. The summed E-state index contributed by atoms with van der Waals surface area (Å²) in [5, 5.41) is 7.84. The molecule has 1 aromatic carbocycles. The molecule has 144 valence electrons. The van der Waals surface area contributed by atoms with E-state index >= 15 is 0 Å². The topological polar surface area (TPSA) is 57.0 Å². The molecule has 1 saturated carbocycles. The zero-order chi connectivity index (χ0) is 19.2. The molecule has 8 heteroatoms. The van der Waals surface area contributed by atoms with E-state index in [9.17, 15) is 18.0 Å². The van der Waals surface area contributed by atoms with Crippen LogP contribution in [0.15, 0.2) is 18.2 Å². The number of aromatic nitrogens is 3. The monoisotopic (exact) mass is 379 g/mol. The standard InChI is InChI=1S/C19H20F3N3O2/c1-27-18(26)13-6-4-12(5-7-13)14-8-9-15-17(16(14)19(20,21)22)23-24-25(15)10-11-2-3-11/h4,8-9,11,13H,2-3,5-7,10H2,1H3. The van der Waals surface area contributed by atoms with Crippen LogP contribution in [-0.4, -0.2) is 28.1 Å². The molecule has 2 aliphatic carbocycles. The number of carbonyl (C=O) groups is 1. The summed E-state index contributed by atoms with van der Waals surface area (Å²) in [5.41, 5.74) is 0.321. The lowest BCUT2D eigenvalue weighted by molar-refractivity contribution is -0.145. The Morgan fingerprint density at radius 1 is 1.30 bits per heavy atom. The average Bonchev–Trinajstić information content (AvgIpc) is 3.38. The van der Waals surface area contributed by atoms with Gasteiger partial charge >= 0.3 is 12.1 Å². The number of fused-ring (bicyclic) bond motifs is 1. The van der Waals surface area contributed by atoms with Gasteiger partial charge in [-0.25, -0.2) is 4.68 Å². The molecule has 0 radical (unpaired) electrons. The smallest absolute Gasteiger partial charge is 0.419 e. The second-order valence-corrected chi connectivity index (χ2v) is 7.29. The maximum atomic E-state index is 13.9. The van der Waals surface area contributed by atoms with Crippen LogP contribution in [0.25, 0.3) is 16.6 Å². The average molecular weight is 379 g/mol. The lowest BCUT2D eigenvalue weighted by Gasteiger charge is -2.22. The van der Waals surface area contributed by atoms with Crippen molar-refractivity contribution in [3.63, 3.8) is 0 Å². The van der Waals surface area contributed by atoms with Gasteiger partial charge in [0.1, 0.15) is 5.52 Å². The number of methoxy groups -OCH3 is 1. The second-order valence-electron chi connectivity index (χ2n) is 7.29. The fourth-order valence-corrected chi connectivity index (χ4v) is 3.73. The van der Waals surface area contributed by atoms with Crippen LogP contribution < -0.4 is 0 Å². The first-order valence-corrected chi connectivity index (χ1v) is 9.09. The Balaban J connectivity index is 1.74. The van der Waals surface area contributed by atoms with Crippen molar-refractivity contribution in [2.24, 2.45) is 11.8 Å². The SMILES string of the molecule is COC(=O)C1CC=C(c2ccc3c(nnn3CC3CC3)c2C(F)(F)F)CC1. The van der Waals surface area contributed by atoms with Crippen LogP contribution in [0, 0.1) is 11.8 Å². The van der Waals surface area contributed by atoms with Crippen LogP contribution in [-0.2, 0) is 22.3 Å². The highest BCUT2D eigenvalue weighted by Gasteiger charge is 2.39. The molecule has 0 saturated heterocycles. The first-order valence-electron chi connectivity index (χ1n) is 9.09. The molecule has 1 unspecified atom stereocenters. The summed E-state index contributed by atoms with van der Waals surface area (Å²) in [5.74, 6) is -0.128. The minimum Gasteiger partial charge on any atom is -0.469 e. The zero-order valence-corrected chi connectivity index (χ0v) is 14.9. The van der Waals surface area contributed by atoms with E-state index in [-0.39, 0.29) is 23.0 Å². The highest BCUT2D eigenvalue weighted by molar-refractivity contribution is 5.86. The summed E-state index contributed by atoms with van der Waals surface area (Å²) in [4.78, 5) is 11.7. The molecule has 2 aromatic rings. The lowest BCUT2D eigenvalue weighted by atomic mass is 9.84. The number of esters is 1. The molecule has 1 atom stereocenters. The maximum absolute atomic E-state index is 13.9. The van der Waals surface area contributed by atoms with Crippen molar-refractivity contribution >= 4 is 22.6 Å². The first kappa shape index (κ1) is 18.0. The summed E-state index contributed by atoms with van der Waals surface area (Å²) >= 11 is 0. The molecule has 0 aliphatic heterocycles. The Kier molecular flexibility index (Phi) is 4.44. The van der Waals surface area contributed by atoms with Crippen molar-refractivity contribution in [3.8, 4) is 0 Å². The van der Waals surface area contributed by atoms with Crippen LogP contribution in [0.2, 0.25) is 0 Å². The molecule has 27 heavy (non-hydrogen) atoms. The number of hydrogen-bond acceptors (Lipinski definition) is 4. The third kappa shape index (κ3) is 3.44. The van der Waals surface area contributed by atoms with E-state index in [4.69, 9.17) is 4.74 Å². The van der Waals surface area contributed by atoms with E-state index in [0.717, 1.165) is 12.8 Å². The van der Waals surface area contributed by atoms with Crippen LogP contribution in [0.1, 0.15) is 43.2 Å². The Hall–Kier alpha value is -2.38. The minimum atomic E-state index is -4.53. The largest absolute Gasteiger partial charge is 0.469 e. The quantitative estimate of drug-likeness (QED) is 0.747. The van der Waals surface area contributed by atoms with Crippen molar-refractivity contribution in [1.82, 2.24) is 15.0 Å². The fourth-order valence-electron chi connectivity index (χ4n) is 3.73. The summed E-state index contributed by atoms with van der Waals surface area (Å²) in [6.45, 7) is 0.608. The van der Waals surface area contributed by atoms with Gasteiger partial charge in [-0.3, -0.25) is 4.79 Å². The second kappa shape index (κ2) is 6.65. The Morgan fingerprint density at radius 2 is 2.07 bits per heavy atom. The molecular formula is C19H20F3N3O2. The lowest BCUT2D eigenvalue weighted by Crippen LogP contribution is -2.19. The highest BCUT2D eigenvalue weighted by atomic mass is 19.4. The third-order valence-corrected chi connectivity index (χ3v) is 5.39. The molecule has 2 aliphatic rings. The van der Waals surface area contributed by atoms with Crippen molar-refractivity contribution in [2.75, 3.05) is 7.11 Å². The normalized spacial score (nSPS) is 20.6. The van der Waals surface area contributed by atoms with E-state index in [1.54, 1.807) is 16.8 Å². The van der Waals surface area contributed by atoms with Gasteiger partial charge in [-0.1, -0.05) is 17.4 Å². The maximum Gasteiger partial charge on any atom is 0.419 e. The summed E-state index contributed by atoms with van der Waals surface area (Å²) in [6.07, 6.45) is 0.601. The van der Waals surface area contributed by atoms with Crippen molar-refractivity contribution in [1.29, 1.82) is 0 Å². The molecule has 0 bridgehead atoms. The van der Waals surface area contributed by atoms with Gasteiger partial charge in [-0.15, -0.1) is 5.10 Å². The van der Waals surface area contributed by atoms with E-state index in [1.165, 1.54) is 13.2 Å². The number of nitrogens with zero attached hydrogens (tertiary/aromatic N) is 3. The molecule has 1 fully saturated rings. The first-order chi connectivity index (χ1) is 12.9. The van der Waals surface area contributed by atoms with Gasteiger partial charge in [-0.2, -0.15) is 13.2 Å². The predicted molar refractivity (Wildman–Crippen MR) is 92.6 cm³/mol. The van der Waals surface area contributed by atoms with Crippen molar-refractivity contribution in [2.45, 2.75) is 44.8 Å². The minimum absolute atomic E-state index is 0.100. The van der Waals surface area contributed by atoms with Gasteiger partial charge in [0.2, 0.25) is 0 Å². The van der Waals surface area contributed by atoms with E-state index in [1.807, 2.05) is 0 Å². The van der Waals surface area contributed by atoms with Gasteiger partial charge in [0.25, 0.3) is 0 Å². The van der Waals surface area contributed by atoms with Crippen LogP contribution in [0.3, 0.4) is 0 Å². The van der Waals surface area contributed by atoms with E-state index in [0.29, 0.717) is 42.8 Å². The highest BCUT2D eigenvalue weighted by Crippen LogP contribution is 2.42. The fraction of sp³-hybridized carbons (Fsp3) is 0.526. The number of halogens is 3. The van der Waals surface area contributed by atoms with E-state index < -0.39 is 11.7 Å². The van der Waals surface area contributed by atoms with E-state index in [2.05, 4.69) is 10.3 Å². The zero-order valence-electron chi connectivity index (χ0n) is 14.9. The molecule has 1 heterocycles. The molecule has 4 rings (SSSR count). The Morgan fingerprint density at radius 3 is 2.67 bits per heavy atom. The number of allylic oxidation sites excluding steroid dienone is 2.